The van der Waals surface area contributed by atoms with Crippen molar-refractivity contribution in [2.75, 3.05) is 0 Å². The number of esters is 1. The molecule has 0 saturated carbocycles. The molecule has 0 bridgehead atoms. The van der Waals surface area contributed by atoms with Gasteiger partial charge in [-0.05, 0) is 5.56 Å². The Morgan fingerprint density at radius 1 is 1.05 bits per heavy atom. The highest BCUT2D eigenvalue weighted by Gasteiger charge is 2.07. The summed E-state index contributed by atoms with van der Waals surface area (Å²) in [5.41, 5.74) is 1.01. The molecule has 0 aliphatic carbocycles. The van der Waals surface area contributed by atoms with Crippen molar-refractivity contribution in [3.63, 3.8) is 0 Å². The number of carbonyl (C=O) groups excluding carboxylic acids is 1. The topological polar surface area (TPSA) is 30.2 Å². The quantitative estimate of drug-likeness (QED) is 0.446. The Kier molecular flexibility index (Phi) is 5.17. The minimum absolute atomic E-state index is 0.194. The molecular formula is C15H16BNO2+. The number of benzene rings is 1. The van der Waals surface area contributed by atoms with Crippen LogP contribution in [-0.2, 0) is 22.6 Å². The van der Waals surface area contributed by atoms with Crippen LogP contribution in [0.3, 0.4) is 0 Å². The maximum Gasteiger partial charge on any atom is 0.298 e. The highest BCUT2D eigenvalue weighted by atomic mass is 16.5. The summed E-state index contributed by atoms with van der Waals surface area (Å²) in [6.07, 6.45) is 4.97. The largest absolute Gasteiger partial charge is 0.461 e. The molecule has 0 atom stereocenters. The minimum atomic E-state index is -0.194. The van der Waals surface area contributed by atoms with Crippen molar-refractivity contribution in [3.8, 4) is 0 Å². The van der Waals surface area contributed by atoms with E-state index in [2.05, 4.69) is 0 Å². The molecule has 1 aromatic heterocycles. The van der Waals surface area contributed by atoms with E-state index in [1.54, 1.807) is 0 Å². The van der Waals surface area contributed by atoms with E-state index in [4.69, 9.17) is 4.74 Å². The maximum atomic E-state index is 11.5. The standard InChI is InChI=1S/C15H16BNO2/c18-15(19-12-14-7-3-1-4-8-14)11-16-13-17-9-5-2-6-10-17/h1-10H,11-13H2/q+1. The van der Waals surface area contributed by atoms with Gasteiger partial charge in [0.05, 0.1) is 0 Å². The second kappa shape index (κ2) is 7.36. The molecule has 0 unspecified atom stereocenters. The second-order valence-corrected chi connectivity index (χ2v) is 4.21. The Hall–Kier alpha value is -2.10. The van der Waals surface area contributed by atoms with Crippen LogP contribution < -0.4 is 4.57 Å². The van der Waals surface area contributed by atoms with Gasteiger partial charge in [-0.1, -0.05) is 36.4 Å². The number of pyridine rings is 1. The third-order valence-electron chi connectivity index (χ3n) is 2.67. The Bertz CT molecular complexity index is 502. The lowest BCUT2D eigenvalue weighted by atomic mass is 9.74. The lowest BCUT2D eigenvalue weighted by Gasteiger charge is -2.03. The molecule has 19 heavy (non-hydrogen) atoms. The molecule has 1 radical (unpaired) electrons. The molecule has 95 valence electrons. The zero-order valence-electron chi connectivity index (χ0n) is 10.7. The molecule has 2 aromatic rings. The fourth-order valence-electron chi connectivity index (χ4n) is 1.68. The number of hydrogen-bond donors (Lipinski definition) is 0. The molecule has 0 fully saturated rings. The van der Waals surface area contributed by atoms with Crippen molar-refractivity contribution in [1.29, 1.82) is 0 Å². The molecule has 0 N–H and O–H groups in total. The predicted molar refractivity (Wildman–Crippen MR) is 73.4 cm³/mol. The van der Waals surface area contributed by atoms with E-state index in [1.165, 1.54) is 0 Å². The van der Waals surface area contributed by atoms with E-state index in [1.807, 2.05) is 72.8 Å². The lowest BCUT2D eigenvalue weighted by molar-refractivity contribution is -0.679. The summed E-state index contributed by atoms with van der Waals surface area (Å²) in [5, 5.41) is 0. The highest BCUT2D eigenvalue weighted by molar-refractivity contribution is 6.38. The maximum absolute atomic E-state index is 11.5. The van der Waals surface area contributed by atoms with E-state index in [0.717, 1.165) is 5.56 Å². The van der Waals surface area contributed by atoms with Crippen molar-refractivity contribution >= 4 is 13.2 Å². The van der Waals surface area contributed by atoms with Crippen LogP contribution in [0.2, 0.25) is 6.32 Å². The van der Waals surface area contributed by atoms with Crippen LogP contribution >= 0.6 is 0 Å². The summed E-state index contributed by atoms with van der Waals surface area (Å²) < 4.78 is 7.19. The first kappa shape index (κ1) is 13.3. The van der Waals surface area contributed by atoms with Crippen molar-refractivity contribution in [2.24, 2.45) is 0 Å². The summed E-state index contributed by atoms with van der Waals surface area (Å²) in [6, 6.07) is 15.6. The van der Waals surface area contributed by atoms with Gasteiger partial charge >= 0.3 is 0 Å². The first-order valence-electron chi connectivity index (χ1n) is 6.30. The van der Waals surface area contributed by atoms with Gasteiger partial charge in [-0.25, -0.2) is 4.57 Å². The smallest absolute Gasteiger partial charge is 0.298 e. The van der Waals surface area contributed by atoms with Crippen molar-refractivity contribution < 1.29 is 14.1 Å². The van der Waals surface area contributed by atoms with Crippen molar-refractivity contribution in [2.45, 2.75) is 19.4 Å². The van der Waals surface area contributed by atoms with E-state index in [9.17, 15) is 4.79 Å². The summed E-state index contributed by atoms with van der Waals surface area (Å²) in [7, 11) is 1.91. The molecule has 1 heterocycles. The fourth-order valence-corrected chi connectivity index (χ4v) is 1.68. The Balaban J connectivity index is 1.65. The third-order valence-corrected chi connectivity index (χ3v) is 2.67. The van der Waals surface area contributed by atoms with Gasteiger partial charge in [0.25, 0.3) is 5.97 Å². The first-order valence-corrected chi connectivity index (χ1v) is 6.30. The number of rotatable bonds is 6. The number of hydrogen-bond acceptors (Lipinski definition) is 2. The van der Waals surface area contributed by atoms with Gasteiger partial charge in [-0.2, -0.15) is 0 Å². The Labute approximate surface area is 114 Å². The van der Waals surface area contributed by atoms with Crippen LogP contribution in [0.4, 0.5) is 0 Å². The van der Waals surface area contributed by atoms with Gasteiger partial charge in [0, 0.05) is 18.5 Å². The number of ether oxygens (including phenoxy) is 1. The van der Waals surface area contributed by atoms with Crippen LogP contribution in [0.25, 0.3) is 0 Å². The fraction of sp³-hybridized carbons (Fsp3) is 0.200. The third kappa shape index (κ3) is 4.96. The van der Waals surface area contributed by atoms with Crippen LogP contribution in [0.1, 0.15) is 5.56 Å². The van der Waals surface area contributed by atoms with Crippen LogP contribution in [0.5, 0.6) is 0 Å². The predicted octanol–water partition coefficient (Wildman–Crippen LogP) is 1.80. The molecule has 0 aliphatic rings. The normalized spacial score (nSPS) is 9.89. The summed E-state index contributed by atoms with van der Waals surface area (Å²) in [5.74, 6) is -0.194. The summed E-state index contributed by atoms with van der Waals surface area (Å²) >= 11 is 0. The molecule has 2 rings (SSSR count). The van der Waals surface area contributed by atoms with Crippen LogP contribution in [-0.4, -0.2) is 13.2 Å². The Morgan fingerprint density at radius 3 is 2.47 bits per heavy atom. The average molecular weight is 253 g/mol. The average Bonchev–Trinajstić information content (AvgIpc) is 2.47. The highest BCUT2D eigenvalue weighted by Crippen LogP contribution is 2.01. The van der Waals surface area contributed by atoms with Gasteiger partial charge < -0.3 is 4.74 Å². The SMILES string of the molecule is O=C(C[B]C[n+]1ccccc1)OCc1ccccc1. The molecule has 0 spiro atoms. The molecular weight excluding hydrogens is 237 g/mol. The van der Waals surface area contributed by atoms with Crippen molar-refractivity contribution in [3.05, 3.63) is 66.5 Å². The van der Waals surface area contributed by atoms with Gasteiger partial charge in [-0.15, -0.1) is 0 Å². The number of aromatic nitrogens is 1. The van der Waals surface area contributed by atoms with E-state index >= 15 is 0 Å². The molecule has 0 saturated heterocycles. The summed E-state index contributed by atoms with van der Waals surface area (Å²) in [6.45, 7) is 0.339. The van der Waals surface area contributed by atoms with E-state index in [0.29, 0.717) is 19.4 Å². The van der Waals surface area contributed by atoms with Crippen molar-refractivity contribution in [1.82, 2.24) is 0 Å². The summed E-state index contributed by atoms with van der Waals surface area (Å²) in [4.78, 5) is 11.5. The second-order valence-electron chi connectivity index (χ2n) is 4.21. The number of nitrogens with zero attached hydrogens (tertiary/aromatic N) is 1. The number of carbonyl (C=O) groups is 1. The van der Waals surface area contributed by atoms with Crippen LogP contribution in [0, 0.1) is 0 Å². The molecule has 4 heteroatoms. The molecule has 0 amide bonds. The lowest BCUT2D eigenvalue weighted by Crippen LogP contribution is -2.36. The zero-order chi connectivity index (χ0) is 13.3. The minimum Gasteiger partial charge on any atom is -0.461 e. The van der Waals surface area contributed by atoms with Gasteiger partial charge in [0.15, 0.2) is 12.4 Å². The van der Waals surface area contributed by atoms with Gasteiger partial charge in [-0.3, -0.25) is 4.79 Å². The zero-order valence-corrected chi connectivity index (χ0v) is 10.7. The monoisotopic (exact) mass is 253 g/mol. The van der Waals surface area contributed by atoms with Crippen LogP contribution in [0.15, 0.2) is 60.9 Å². The van der Waals surface area contributed by atoms with Gasteiger partial charge in [0.1, 0.15) is 13.1 Å². The van der Waals surface area contributed by atoms with Gasteiger partial charge in [0.2, 0.25) is 7.28 Å². The molecule has 0 aliphatic heterocycles. The Morgan fingerprint density at radius 2 is 1.74 bits per heavy atom. The molecule has 3 nitrogen and oxygen atoms in total. The molecule has 1 aromatic carbocycles. The van der Waals surface area contributed by atoms with E-state index < -0.39 is 0 Å². The van der Waals surface area contributed by atoms with E-state index in [-0.39, 0.29) is 5.97 Å². The first-order chi connectivity index (χ1) is 9.34.